The van der Waals surface area contributed by atoms with Crippen LogP contribution in [0.2, 0.25) is 0 Å². The second-order valence-electron chi connectivity index (χ2n) is 8.43. The molecule has 1 fully saturated rings. The molecule has 176 valence electrons. The number of imidazole rings is 1. The summed E-state index contributed by atoms with van der Waals surface area (Å²) in [4.78, 5) is 31.8. The monoisotopic (exact) mass is 459 g/mol. The van der Waals surface area contributed by atoms with Gasteiger partial charge in [0, 0.05) is 31.0 Å². The van der Waals surface area contributed by atoms with Crippen LogP contribution in [-0.4, -0.2) is 44.4 Å². The Labute approximate surface area is 199 Å². The molecule has 2 heterocycles. The van der Waals surface area contributed by atoms with E-state index >= 15 is 0 Å². The van der Waals surface area contributed by atoms with Crippen LogP contribution in [0.5, 0.6) is 5.75 Å². The molecule has 0 spiro atoms. The van der Waals surface area contributed by atoms with Gasteiger partial charge in [0.05, 0.1) is 24.5 Å². The summed E-state index contributed by atoms with van der Waals surface area (Å²) in [6.07, 6.45) is 6.82. The van der Waals surface area contributed by atoms with E-state index in [1.165, 1.54) is 0 Å². The van der Waals surface area contributed by atoms with E-state index in [9.17, 15) is 14.7 Å². The first kappa shape index (κ1) is 23.3. The molecule has 1 aliphatic rings. The Morgan fingerprint density at radius 2 is 1.79 bits per heavy atom. The molecule has 4 rings (SSSR count). The Morgan fingerprint density at radius 1 is 1.06 bits per heavy atom. The third kappa shape index (κ3) is 4.88. The van der Waals surface area contributed by atoms with Gasteiger partial charge in [-0.15, -0.1) is 0 Å². The number of aryl methyl sites for hydroxylation is 2. The summed E-state index contributed by atoms with van der Waals surface area (Å²) >= 11 is 0. The van der Waals surface area contributed by atoms with Crippen molar-refractivity contribution in [3.8, 4) is 5.75 Å². The number of aliphatic hydroxyl groups is 1. The van der Waals surface area contributed by atoms with Crippen molar-refractivity contribution in [1.29, 1.82) is 0 Å². The van der Waals surface area contributed by atoms with Crippen molar-refractivity contribution in [2.75, 3.05) is 13.2 Å². The van der Waals surface area contributed by atoms with Crippen molar-refractivity contribution in [2.45, 2.75) is 39.3 Å². The molecule has 1 saturated heterocycles. The fourth-order valence-electron chi connectivity index (χ4n) is 4.13. The summed E-state index contributed by atoms with van der Waals surface area (Å²) in [5.74, 6) is -0.708. The number of likely N-dealkylation sites (tertiary alicyclic amines) is 1. The standard InChI is InChI=1S/C27H29N3O4/c1-3-17-34-22-11-9-20(10-12-22)24-23(25(31)21-7-5-19(2)6-8-21)26(32)27(33)30(24)15-4-14-29-16-13-28-18-29/h5-13,16,18,24,31H,3-4,14-15,17H2,1-2H3/t24-/m0/s1. The molecule has 1 atom stereocenters. The quantitative estimate of drug-likeness (QED) is 0.289. The Bertz CT molecular complexity index is 1170. The minimum Gasteiger partial charge on any atom is -0.507 e. The van der Waals surface area contributed by atoms with Gasteiger partial charge < -0.3 is 19.3 Å². The molecule has 1 aromatic heterocycles. The van der Waals surface area contributed by atoms with Gasteiger partial charge in [0.1, 0.15) is 11.5 Å². The molecule has 0 bridgehead atoms. The molecule has 7 nitrogen and oxygen atoms in total. The zero-order valence-corrected chi connectivity index (χ0v) is 19.5. The third-order valence-electron chi connectivity index (χ3n) is 5.91. The number of aromatic nitrogens is 2. The van der Waals surface area contributed by atoms with Gasteiger partial charge in [0.15, 0.2) is 0 Å². The number of nitrogens with zero attached hydrogens (tertiary/aromatic N) is 3. The second-order valence-corrected chi connectivity index (χ2v) is 8.43. The minimum absolute atomic E-state index is 0.110. The average molecular weight is 460 g/mol. The smallest absolute Gasteiger partial charge is 0.295 e. The maximum Gasteiger partial charge on any atom is 0.295 e. The molecule has 34 heavy (non-hydrogen) atoms. The Kier molecular flexibility index (Phi) is 7.11. The first-order valence-corrected chi connectivity index (χ1v) is 11.5. The highest BCUT2D eigenvalue weighted by Crippen LogP contribution is 2.40. The van der Waals surface area contributed by atoms with Crippen LogP contribution >= 0.6 is 0 Å². The van der Waals surface area contributed by atoms with Crippen LogP contribution in [-0.2, 0) is 16.1 Å². The van der Waals surface area contributed by atoms with E-state index in [0.29, 0.717) is 31.7 Å². The normalized spacial score (nSPS) is 17.4. The molecule has 2 aromatic carbocycles. The zero-order valence-electron chi connectivity index (χ0n) is 19.5. The number of ketones is 1. The molecule has 0 saturated carbocycles. The molecule has 0 unspecified atom stereocenters. The lowest BCUT2D eigenvalue weighted by Gasteiger charge is -2.25. The predicted octanol–water partition coefficient (Wildman–Crippen LogP) is 4.49. The Balaban J connectivity index is 1.69. The first-order chi connectivity index (χ1) is 16.5. The van der Waals surface area contributed by atoms with E-state index in [4.69, 9.17) is 4.74 Å². The van der Waals surface area contributed by atoms with Gasteiger partial charge in [-0.2, -0.15) is 0 Å². The van der Waals surface area contributed by atoms with E-state index in [1.807, 2.05) is 61.0 Å². The van der Waals surface area contributed by atoms with Crippen molar-refractivity contribution in [3.05, 3.63) is 89.5 Å². The number of rotatable bonds is 9. The Morgan fingerprint density at radius 3 is 2.44 bits per heavy atom. The first-order valence-electron chi connectivity index (χ1n) is 11.5. The average Bonchev–Trinajstić information content (AvgIpc) is 3.45. The number of aliphatic hydroxyl groups excluding tert-OH is 1. The summed E-state index contributed by atoms with van der Waals surface area (Å²) in [7, 11) is 0. The summed E-state index contributed by atoms with van der Waals surface area (Å²) in [5.41, 5.74) is 2.41. The lowest BCUT2D eigenvalue weighted by Crippen LogP contribution is -2.31. The number of carbonyl (C=O) groups excluding carboxylic acids is 2. The van der Waals surface area contributed by atoms with Gasteiger partial charge >= 0.3 is 0 Å². The number of ether oxygens (including phenoxy) is 1. The Hall–Kier alpha value is -3.87. The maximum atomic E-state index is 13.1. The summed E-state index contributed by atoms with van der Waals surface area (Å²) in [5, 5.41) is 11.1. The number of hydrogen-bond donors (Lipinski definition) is 1. The third-order valence-corrected chi connectivity index (χ3v) is 5.91. The molecule has 7 heteroatoms. The van der Waals surface area contributed by atoms with Crippen LogP contribution < -0.4 is 4.74 Å². The highest BCUT2D eigenvalue weighted by molar-refractivity contribution is 6.46. The fourth-order valence-corrected chi connectivity index (χ4v) is 4.13. The van der Waals surface area contributed by atoms with E-state index in [1.54, 1.807) is 29.6 Å². The lowest BCUT2D eigenvalue weighted by atomic mass is 9.95. The van der Waals surface area contributed by atoms with Gasteiger partial charge in [-0.1, -0.05) is 48.9 Å². The van der Waals surface area contributed by atoms with Gasteiger partial charge in [0.2, 0.25) is 0 Å². The molecule has 0 radical (unpaired) electrons. The molecule has 1 aliphatic heterocycles. The zero-order chi connectivity index (χ0) is 24.1. The van der Waals surface area contributed by atoms with Crippen molar-refractivity contribution in [1.82, 2.24) is 14.5 Å². The molecule has 1 amide bonds. The number of hydrogen-bond acceptors (Lipinski definition) is 5. The maximum absolute atomic E-state index is 13.1. The van der Waals surface area contributed by atoms with Gasteiger partial charge in [-0.3, -0.25) is 9.59 Å². The van der Waals surface area contributed by atoms with Crippen LogP contribution in [0.25, 0.3) is 5.76 Å². The number of benzene rings is 2. The van der Waals surface area contributed by atoms with Crippen molar-refractivity contribution >= 4 is 17.4 Å². The number of amides is 1. The molecular formula is C27H29N3O4. The van der Waals surface area contributed by atoms with Gasteiger partial charge in [-0.05, 0) is 37.5 Å². The topological polar surface area (TPSA) is 84.7 Å². The molecule has 1 N–H and O–H groups in total. The van der Waals surface area contributed by atoms with Crippen LogP contribution in [0.4, 0.5) is 0 Å². The SMILES string of the molecule is CCCOc1ccc([C@H]2C(=C(O)c3ccc(C)cc3)C(=O)C(=O)N2CCCn2ccnc2)cc1. The predicted molar refractivity (Wildman–Crippen MR) is 129 cm³/mol. The van der Waals surface area contributed by atoms with Gasteiger partial charge in [0.25, 0.3) is 11.7 Å². The van der Waals surface area contributed by atoms with Crippen molar-refractivity contribution in [3.63, 3.8) is 0 Å². The minimum atomic E-state index is -0.677. The van der Waals surface area contributed by atoms with E-state index < -0.39 is 17.7 Å². The summed E-state index contributed by atoms with van der Waals surface area (Å²) in [6.45, 7) is 5.63. The number of Topliss-reactive ketones (excluding diaryl/α,β-unsaturated/α-hetero) is 1. The van der Waals surface area contributed by atoms with Crippen molar-refractivity contribution < 1.29 is 19.4 Å². The highest BCUT2D eigenvalue weighted by atomic mass is 16.5. The van der Waals surface area contributed by atoms with Crippen LogP contribution in [0.1, 0.15) is 42.5 Å². The largest absolute Gasteiger partial charge is 0.507 e. The van der Waals surface area contributed by atoms with E-state index in [-0.39, 0.29) is 11.3 Å². The molecule has 3 aromatic rings. The molecular weight excluding hydrogens is 430 g/mol. The van der Waals surface area contributed by atoms with Crippen molar-refractivity contribution in [2.24, 2.45) is 0 Å². The summed E-state index contributed by atoms with van der Waals surface area (Å²) in [6, 6.07) is 14.0. The van der Waals surface area contributed by atoms with Crippen LogP contribution in [0.15, 0.2) is 72.8 Å². The van der Waals surface area contributed by atoms with E-state index in [0.717, 1.165) is 23.3 Å². The summed E-state index contributed by atoms with van der Waals surface area (Å²) < 4.78 is 7.61. The molecule has 0 aliphatic carbocycles. The fraction of sp³-hybridized carbons (Fsp3) is 0.296. The van der Waals surface area contributed by atoms with Crippen LogP contribution in [0, 0.1) is 6.92 Å². The lowest BCUT2D eigenvalue weighted by molar-refractivity contribution is -0.139. The van der Waals surface area contributed by atoms with Gasteiger partial charge in [-0.25, -0.2) is 4.98 Å². The highest BCUT2D eigenvalue weighted by Gasteiger charge is 2.45. The van der Waals surface area contributed by atoms with E-state index in [2.05, 4.69) is 4.98 Å². The second kappa shape index (κ2) is 10.4. The number of carbonyl (C=O) groups is 2. The van der Waals surface area contributed by atoms with Crippen LogP contribution in [0.3, 0.4) is 0 Å².